The lowest BCUT2D eigenvalue weighted by Gasteiger charge is -2.13. The maximum absolute atomic E-state index is 6.00. The summed E-state index contributed by atoms with van der Waals surface area (Å²) in [6, 6.07) is 11.7. The molecule has 2 aromatic carbocycles. The molecule has 0 atom stereocenters. The lowest BCUT2D eigenvalue weighted by Crippen LogP contribution is -2.11. The van der Waals surface area contributed by atoms with Gasteiger partial charge in [-0.05, 0) is 62.2 Å². The van der Waals surface area contributed by atoms with Crippen molar-refractivity contribution in [3.8, 4) is 11.5 Å². The third-order valence-corrected chi connectivity index (χ3v) is 3.60. The van der Waals surface area contributed by atoms with Crippen molar-refractivity contribution in [2.45, 2.75) is 20.3 Å². The SMILES string of the molecule is Cc1ccc(OCCOc2ccc(Cl)cc2CCN)c(C)c1. The fourth-order valence-electron chi connectivity index (χ4n) is 2.30. The van der Waals surface area contributed by atoms with Gasteiger partial charge in [-0.1, -0.05) is 29.3 Å². The van der Waals surface area contributed by atoms with E-state index in [1.165, 1.54) is 5.56 Å². The highest BCUT2D eigenvalue weighted by molar-refractivity contribution is 6.30. The van der Waals surface area contributed by atoms with Crippen molar-refractivity contribution in [2.24, 2.45) is 5.73 Å². The van der Waals surface area contributed by atoms with E-state index in [0.29, 0.717) is 24.8 Å². The predicted molar refractivity (Wildman–Crippen MR) is 91.1 cm³/mol. The van der Waals surface area contributed by atoms with Gasteiger partial charge in [0, 0.05) is 5.02 Å². The Kier molecular flexibility index (Phi) is 6.10. The van der Waals surface area contributed by atoms with Crippen molar-refractivity contribution in [1.29, 1.82) is 0 Å². The minimum Gasteiger partial charge on any atom is -0.490 e. The molecule has 0 aliphatic carbocycles. The molecule has 0 aromatic heterocycles. The normalized spacial score (nSPS) is 10.5. The fraction of sp³-hybridized carbons (Fsp3) is 0.333. The van der Waals surface area contributed by atoms with Crippen LogP contribution in [0.5, 0.6) is 11.5 Å². The molecule has 0 spiro atoms. The molecule has 0 amide bonds. The summed E-state index contributed by atoms with van der Waals surface area (Å²) in [6.07, 6.45) is 0.744. The van der Waals surface area contributed by atoms with E-state index in [4.69, 9.17) is 26.8 Å². The number of hydrogen-bond donors (Lipinski definition) is 1. The fourth-order valence-corrected chi connectivity index (χ4v) is 2.50. The van der Waals surface area contributed by atoms with Gasteiger partial charge in [0.2, 0.25) is 0 Å². The first-order valence-electron chi connectivity index (χ1n) is 7.41. The van der Waals surface area contributed by atoms with E-state index < -0.39 is 0 Å². The second-order valence-electron chi connectivity index (χ2n) is 5.26. The average Bonchev–Trinajstić information content (AvgIpc) is 2.47. The Morgan fingerprint density at radius 2 is 1.64 bits per heavy atom. The molecular formula is C18H22ClNO2. The monoisotopic (exact) mass is 319 g/mol. The third kappa shape index (κ3) is 4.65. The van der Waals surface area contributed by atoms with Crippen LogP contribution >= 0.6 is 11.6 Å². The summed E-state index contributed by atoms with van der Waals surface area (Å²) >= 11 is 6.00. The van der Waals surface area contributed by atoms with Crippen LogP contribution in [0.2, 0.25) is 5.02 Å². The summed E-state index contributed by atoms with van der Waals surface area (Å²) in [4.78, 5) is 0. The standard InChI is InChI=1S/C18H22ClNO2/c1-13-3-5-17(14(2)11-13)21-9-10-22-18-6-4-16(19)12-15(18)7-8-20/h3-6,11-12H,7-10,20H2,1-2H3. The van der Waals surface area contributed by atoms with E-state index in [-0.39, 0.29) is 0 Å². The Balaban J connectivity index is 1.88. The van der Waals surface area contributed by atoms with E-state index >= 15 is 0 Å². The molecule has 118 valence electrons. The number of ether oxygens (including phenoxy) is 2. The van der Waals surface area contributed by atoms with Gasteiger partial charge in [0.25, 0.3) is 0 Å². The van der Waals surface area contributed by atoms with E-state index in [1.807, 2.05) is 37.3 Å². The molecule has 22 heavy (non-hydrogen) atoms. The second-order valence-corrected chi connectivity index (χ2v) is 5.69. The maximum atomic E-state index is 6.00. The van der Waals surface area contributed by atoms with Crippen LogP contribution in [-0.4, -0.2) is 19.8 Å². The molecule has 0 bridgehead atoms. The van der Waals surface area contributed by atoms with E-state index in [0.717, 1.165) is 29.0 Å². The topological polar surface area (TPSA) is 44.5 Å². The molecule has 2 N–H and O–H groups in total. The van der Waals surface area contributed by atoms with Gasteiger partial charge in [-0.25, -0.2) is 0 Å². The molecule has 3 nitrogen and oxygen atoms in total. The van der Waals surface area contributed by atoms with E-state index in [9.17, 15) is 0 Å². The molecule has 0 radical (unpaired) electrons. The summed E-state index contributed by atoms with van der Waals surface area (Å²) in [5.41, 5.74) is 9.01. The highest BCUT2D eigenvalue weighted by atomic mass is 35.5. The highest BCUT2D eigenvalue weighted by Crippen LogP contribution is 2.23. The van der Waals surface area contributed by atoms with Crippen molar-refractivity contribution in [2.75, 3.05) is 19.8 Å². The van der Waals surface area contributed by atoms with Gasteiger partial charge in [-0.3, -0.25) is 0 Å². The molecule has 0 saturated heterocycles. The number of halogens is 1. The van der Waals surface area contributed by atoms with Crippen LogP contribution in [-0.2, 0) is 6.42 Å². The predicted octanol–water partition coefficient (Wildman–Crippen LogP) is 3.92. The van der Waals surface area contributed by atoms with Gasteiger partial charge in [-0.15, -0.1) is 0 Å². The van der Waals surface area contributed by atoms with Crippen molar-refractivity contribution in [3.05, 3.63) is 58.1 Å². The molecular weight excluding hydrogens is 298 g/mol. The van der Waals surface area contributed by atoms with Gasteiger partial charge in [0.1, 0.15) is 24.7 Å². The summed E-state index contributed by atoms with van der Waals surface area (Å²) in [5.74, 6) is 1.71. The number of aryl methyl sites for hydroxylation is 2. The first kappa shape index (κ1) is 16.7. The third-order valence-electron chi connectivity index (χ3n) is 3.37. The molecule has 0 fully saturated rings. The van der Waals surface area contributed by atoms with Gasteiger partial charge < -0.3 is 15.2 Å². The van der Waals surface area contributed by atoms with Crippen LogP contribution in [0.3, 0.4) is 0 Å². The highest BCUT2D eigenvalue weighted by Gasteiger charge is 2.05. The molecule has 0 aliphatic heterocycles. The molecule has 2 aromatic rings. The molecule has 0 aliphatic rings. The Morgan fingerprint density at radius 3 is 2.32 bits per heavy atom. The van der Waals surface area contributed by atoms with Gasteiger partial charge in [0.05, 0.1) is 0 Å². The lowest BCUT2D eigenvalue weighted by molar-refractivity contribution is 0.215. The van der Waals surface area contributed by atoms with Crippen LogP contribution in [0.4, 0.5) is 0 Å². The second kappa shape index (κ2) is 8.06. The van der Waals surface area contributed by atoms with E-state index in [1.54, 1.807) is 0 Å². The van der Waals surface area contributed by atoms with Crippen molar-refractivity contribution in [1.82, 2.24) is 0 Å². The van der Waals surface area contributed by atoms with Gasteiger partial charge in [-0.2, -0.15) is 0 Å². The van der Waals surface area contributed by atoms with Crippen molar-refractivity contribution < 1.29 is 9.47 Å². The zero-order valence-corrected chi connectivity index (χ0v) is 13.8. The van der Waals surface area contributed by atoms with Crippen LogP contribution in [0.1, 0.15) is 16.7 Å². The maximum Gasteiger partial charge on any atom is 0.122 e. The molecule has 4 heteroatoms. The number of nitrogens with two attached hydrogens (primary N) is 1. The number of rotatable bonds is 7. The summed E-state index contributed by atoms with van der Waals surface area (Å²) in [5, 5.41) is 0.697. The van der Waals surface area contributed by atoms with Gasteiger partial charge >= 0.3 is 0 Å². The van der Waals surface area contributed by atoms with Crippen LogP contribution in [0, 0.1) is 13.8 Å². The first-order chi connectivity index (χ1) is 10.6. The van der Waals surface area contributed by atoms with Crippen LogP contribution in [0.25, 0.3) is 0 Å². The number of hydrogen-bond acceptors (Lipinski definition) is 3. The van der Waals surface area contributed by atoms with E-state index in [2.05, 4.69) is 13.0 Å². The van der Waals surface area contributed by atoms with Crippen molar-refractivity contribution in [3.63, 3.8) is 0 Å². The molecule has 0 heterocycles. The zero-order valence-electron chi connectivity index (χ0n) is 13.1. The summed E-state index contributed by atoms with van der Waals surface area (Å²) in [7, 11) is 0. The lowest BCUT2D eigenvalue weighted by atomic mass is 10.1. The van der Waals surface area contributed by atoms with Crippen molar-refractivity contribution >= 4 is 11.6 Å². The molecule has 0 unspecified atom stereocenters. The Hall–Kier alpha value is -1.71. The summed E-state index contributed by atoms with van der Waals surface area (Å²) in [6.45, 7) is 5.65. The summed E-state index contributed by atoms with van der Waals surface area (Å²) < 4.78 is 11.6. The first-order valence-corrected chi connectivity index (χ1v) is 7.79. The minimum atomic E-state index is 0.479. The number of benzene rings is 2. The quantitative estimate of drug-likeness (QED) is 0.787. The van der Waals surface area contributed by atoms with Crippen LogP contribution < -0.4 is 15.2 Å². The average molecular weight is 320 g/mol. The van der Waals surface area contributed by atoms with Gasteiger partial charge in [0.15, 0.2) is 0 Å². The zero-order chi connectivity index (χ0) is 15.9. The largest absolute Gasteiger partial charge is 0.490 e. The van der Waals surface area contributed by atoms with Crippen LogP contribution in [0.15, 0.2) is 36.4 Å². The minimum absolute atomic E-state index is 0.479. The Morgan fingerprint density at radius 1 is 0.955 bits per heavy atom. The smallest absolute Gasteiger partial charge is 0.122 e. The molecule has 0 saturated carbocycles. The molecule has 2 rings (SSSR count). The Bertz CT molecular complexity index is 628. The Labute approximate surface area is 137 Å².